The predicted octanol–water partition coefficient (Wildman–Crippen LogP) is 3.75. The highest BCUT2D eigenvalue weighted by molar-refractivity contribution is 7.92. The molecule has 2 amide bonds. The maximum atomic E-state index is 13.2. The summed E-state index contributed by atoms with van der Waals surface area (Å²) in [7, 11) is -1.99. The van der Waals surface area contributed by atoms with Crippen LogP contribution in [0.3, 0.4) is 0 Å². The van der Waals surface area contributed by atoms with Crippen LogP contribution in [-0.4, -0.2) is 51.0 Å². The van der Waals surface area contributed by atoms with Crippen molar-refractivity contribution in [2.24, 2.45) is 0 Å². The van der Waals surface area contributed by atoms with E-state index in [-0.39, 0.29) is 24.8 Å². The van der Waals surface area contributed by atoms with Gasteiger partial charge in [0.2, 0.25) is 21.8 Å². The zero-order chi connectivity index (χ0) is 24.6. The Morgan fingerprint density at radius 2 is 1.79 bits per heavy atom. The average molecular weight is 494 g/mol. The van der Waals surface area contributed by atoms with Gasteiger partial charge in [-0.15, -0.1) is 0 Å². The number of halogens is 1. The summed E-state index contributed by atoms with van der Waals surface area (Å²) in [5, 5.41) is 3.15. The van der Waals surface area contributed by atoms with E-state index in [9.17, 15) is 18.0 Å². The lowest BCUT2D eigenvalue weighted by molar-refractivity contribution is -0.141. The predicted molar refractivity (Wildman–Crippen MR) is 133 cm³/mol. The van der Waals surface area contributed by atoms with Gasteiger partial charge >= 0.3 is 0 Å². The Bertz CT molecular complexity index is 1060. The van der Waals surface area contributed by atoms with Gasteiger partial charge in [-0.05, 0) is 49.6 Å². The molecule has 1 atom stereocenters. The van der Waals surface area contributed by atoms with Gasteiger partial charge in [0.1, 0.15) is 6.04 Å². The van der Waals surface area contributed by atoms with E-state index in [0.717, 1.165) is 17.4 Å². The van der Waals surface area contributed by atoms with Gasteiger partial charge in [-0.25, -0.2) is 8.42 Å². The molecule has 33 heavy (non-hydrogen) atoms. The zero-order valence-corrected chi connectivity index (χ0v) is 21.1. The molecule has 0 aliphatic carbocycles. The molecule has 0 aliphatic rings. The van der Waals surface area contributed by atoms with E-state index in [2.05, 4.69) is 5.32 Å². The van der Waals surface area contributed by atoms with Gasteiger partial charge in [0.25, 0.3) is 0 Å². The van der Waals surface area contributed by atoms with Crippen molar-refractivity contribution in [3.63, 3.8) is 0 Å². The number of likely N-dealkylation sites (N-methyl/N-ethyl adjacent to an activating group) is 1. The van der Waals surface area contributed by atoms with E-state index in [1.165, 1.54) is 4.31 Å². The molecule has 2 aromatic carbocycles. The van der Waals surface area contributed by atoms with Crippen molar-refractivity contribution >= 4 is 39.1 Å². The van der Waals surface area contributed by atoms with E-state index in [0.29, 0.717) is 30.1 Å². The maximum absolute atomic E-state index is 13.2. The van der Waals surface area contributed by atoms with Crippen LogP contribution in [0.1, 0.15) is 37.3 Å². The topological polar surface area (TPSA) is 86.8 Å². The van der Waals surface area contributed by atoms with E-state index in [1.807, 2.05) is 38.1 Å². The van der Waals surface area contributed by atoms with Gasteiger partial charge in [-0.3, -0.25) is 13.9 Å². The lowest BCUT2D eigenvalue weighted by atomic mass is 10.1. The fraction of sp³-hybridized carbons (Fsp3) is 0.417. The summed E-state index contributed by atoms with van der Waals surface area (Å²) in [6.07, 6.45) is 2.02. The van der Waals surface area contributed by atoms with Gasteiger partial charge in [0.15, 0.2) is 0 Å². The molecule has 0 radical (unpaired) electrons. The quantitative estimate of drug-likeness (QED) is 0.516. The van der Waals surface area contributed by atoms with Crippen molar-refractivity contribution in [3.05, 3.63) is 64.7 Å². The highest BCUT2D eigenvalue weighted by Gasteiger charge is 2.28. The lowest BCUT2D eigenvalue weighted by Crippen LogP contribution is -2.48. The normalized spacial score (nSPS) is 12.2. The molecule has 1 N–H and O–H groups in total. The van der Waals surface area contributed by atoms with Crippen molar-refractivity contribution in [1.29, 1.82) is 0 Å². The number of aryl methyl sites for hydroxylation is 1. The van der Waals surface area contributed by atoms with Crippen molar-refractivity contribution < 1.29 is 18.0 Å². The summed E-state index contributed by atoms with van der Waals surface area (Å²) >= 11 is 5.92. The zero-order valence-electron chi connectivity index (χ0n) is 19.5. The summed E-state index contributed by atoms with van der Waals surface area (Å²) in [5.41, 5.74) is 2.49. The number of rotatable bonds is 11. The minimum atomic E-state index is -3.54. The third-order valence-electron chi connectivity index (χ3n) is 5.33. The molecule has 0 aliphatic heterocycles. The monoisotopic (exact) mass is 493 g/mol. The lowest BCUT2D eigenvalue weighted by Gasteiger charge is -2.31. The van der Waals surface area contributed by atoms with Crippen LogP contribution in [0.25, 0.3) is 0 Å². The highest BCUT2D eigenvalue weighted by atomic mass is 35.5. The van der Waals surface area contributed by atoms with Gasteiger partial charge in [-0.1, -0.05) is 48.4 Å². The number of nitrogens with one attached hydrogen (secondary N) is 1. The van der Waals surface area contributed by atoms with Gasteiger partial charge in [-0.2, -0.15) is 0 Å². The standard InChI is InChI=1S/C24H32ClN3O4S/c1-5-22(24(30)26-3)27(17-19-9-6-8-18(2)16-19)23(29)10-7-15-28(33(4,31)32)21-13-11-20(25)12-14-21/h6,8-9,11-14,16,22H,5,7,10,15,17H2,1-4H3,(H,26,30)/t22-/m1/s1. The van der Waals surface area contributed by atoms with Crippen LogP contribution in [0.4, 0.5) is 5.69 Å². The van der Waals surface area contributed by atoms with Crippen LogP contribution in [0.2, 0.25) is 5.02 Å². The molecular weight excluding hydrogens is 462 g/mol. The third-order valence-corrected chi connectivity index (χ3v) is 6.78. The first-order chi connectivity index (χ1) is 15.6. The second-order valence-corrected chi connectivity index (χ2v) is 10.3. The van der Waals surface area contributed by atoms with Crippen molar-refractivity contribution in [2.45, 2.75) is 45.7 Å². The van der Waals surface area contributed by atoms with Gasteiger partial charge < -0.3 is 10.2 Å². The number of sulfonamides is 1. The smallest absolute Gasteiger partial charge is 0.242 e. The summed E-state index contributed by atoms with van der Waals surface area (Å²) in [4.78, 5) is 27.3. The molecule has 7 nitrogen and oxygen atoms in total. The number of amides is 2. The highest BCUT2D eigenvalue weighted by Crippen LogP contribution is 2.22. The number of anilines is 1. The van der Waals surface area contributed by atoms with E-state index in [1.54, 1.807) is 36.2 Å². The summed E-state index contributed by atoms with van der Waals surface area (Å²) in [6, 6.07) is 13.7. The number of hydrogen-bond donors (Lipinski definition) is 1. The number of carbonyl (C=O) groups is 2. The first-order valence-electron chi connectivity index (χ1n) is 10.9. The maximum Gasteiger partial charge on any atom is 0.242 e. The molecule has 0 bridgehead atoms. The van der Waals surface area contributed by atoms with Crippen LogP contribution >= 0.6 is 11.6 Å². The molecule has 0 saturated carbocycles. The summed E-state index contributed by atoms with van der Waals surface area (Å²) in [5.74, 6) is -0.422. The Kier molecular flexibility index (Phi) is 9.73. The molecule has 0 aromatic heterocycles. The van der Waals surface area contributed by atoms with Gasteiger partial charge in [0, 0.05) is 31.6 Å². The van der Waals surface area contributed by atoms with Crippen molar-refractivity contribution in [3.8, 4) is 0 Å². The molecule has 180 valence electrons. The largest absolute Gasteiger partial charge is 0.357 e. The molecule has 2 aromatic rings. The van der Waals surface area contributed by atoms with Crippen LogP contribution < -0.4 is 9.62 Å². The fourth-order valence-corrected chi connectivity index (χ4v) is 4.80. The Balaban J connectivity index is 2.18. The molecule has 9 heteroatoms. The Morgan fingerprint density at radius 1 is 1.12 bits per heavy atom. The molecule has 0 fully saturated rings. The minimum absolute atomic E-state index is 0.110. The molecule has 0 unspecified atom stereocenters. The van der Waals surface area contributed by atoms with E-state index < -0.39 is 16.1 Å². The van der Waals surface area contributed by atoms with Crippen molar-refractivity contribution in [1.82, 2.24) is 10.2 Å². The summed E-state index contributed by atoms with van der Waals surface area (Å²) < 4.78 is 25.9. The first kappa shape index (κ1) is 26.7. The minimum Gasteiger partial charge on any atom is -0.357 e. The second-order valence-electron chi connectivity index (χ2n) is 7.96. The molecular formula is C24H32ClN3O4S. The number of benzene rings is 2. The first-order valence-corrected chi connectivity index (χ1v) is 13.1. The molecule has 0 spiro atoms. The molecule has 0 saturated heterocycles. The fourth-order valence-electron chi connectivity index (χ4n) is 3.70. The SMILES string of the molecule is CC[C@H](C(=O)NC)N(Cc1cccc(C)c1)C(=O)CCCN(c1ccc(Cl)cc1)S(C)(=O)=O. The molecule has 2 rings (SSSR count). The Labute approximate surface area is 201 Å². The van der Waals surface area contributed by atoms with Crippen molar-refractivity contribution in [2.75, 3.05) is 24.2 Å². The third kappa shape index (κ3) is 7.75. The molecule has 0 heterocycles. The van der Waals surface area contributed by atoms with Crippen LogP contribution in [0.5, 0.6) is 0 Å². The Hall–Kier alpha value is -2.58. The summed E-state index contributed by atoms with van der Waals surface area (Å²) in [6.45, 7) is 4.28. The second kappa shape index (κ2) is 12.0. The van der Waals surface area contributed by atoms with Crippen LogP contribution in [0, 0.1) is 6.92 Å². The number of nitrogens with zero attached hydrogens (tertiary/aromatic N) is 2. The van der Waals surface area contributed by atoms with Crippen LogP contribution in [0.15, 0.2) is 48.5 Å². The van der Waals surface area contributed by atoms with E-state index >= 15 is 0 Å². The number of carbonyl (C=O) groups excluding carboxylic acids is 2. The number of hydrogen-bond acceptors (Lipinski definition) is 4. The van der Waals surface area contributed by atoms with E-state index in [4.69, 9.17) is 11.6 Å². The van der Waals surface area contributed by atoms with Gasteiger partial charge in [0.05, 0.1) is 11.9 Å². The average Bonchev–Trinajstić information content (AvgIpc) is 2.76. The van der Waals surface area contributed by atoms with Crippen LogP contribution in [-0.2, 0) is 26.2 Å². The Morgan fingerprint density at radius 3 is 2.33 bits per heavy atom.